The van der Waals surface area contributed by atoms with Crippen molar-refractivity contribution >= 4 is 23.2 Å². The zero-order valence-electron chi connectivity index (χ0n) is 16.9. The minimum absolute atomic E-state index is 0.224. The molecular formula is C25H22N2O3. The number of hydroxylamine groups is 1. The van der Waals surface area contributed by atoms with E-state index in [4.69, 9.17) is 4.84 Å². The Morgan fingerprint density at radius 3 is 1.93 bits per heavy atom. The van der Waals surface area contributed by atoms with Crippen LogP contribution in [0.25, 0.3) is 0 Å². The Labute approximate surface area is 175 Å². The predicted molar refractivity (Wildman–Crippen MR) is 115 cm³/mol. The molecule has 5 rings (SSSR count). The first-order valence-electron chi connectivity index (χ1n) is 10.1. The maximum atomic E-state index is 13.5. The fraction of sp³-hybridized carbons (Fsp3) is 0.200. The van der Waals surface area contributed by atoms with Gasteiger partial charge in [0, 0.05) is 0 Å². The minimum atomic E-state index is -0.842. The van der Waals surface area contributed by atoms with Crippen molar-refractivity contribution in [2.75, 3.05) is 9.96 Å². The molecule has 2 heterocycles. The standard InChI is InChI=1S/C25H22N2O3/c1-16-8-12-18(13-9-16)22-21-23(30-27(22)20-6-4-3-5-7-20)25(29)26(24(21)28)19-14-10-17(2)11-15-19/h3-15,21-23H,1-2H3/t21-,22+,23+/m0/s1. The molecule has 30 heavy (non-hydrogen) atoms. The quantitative estimate of drug-likeness (QED) is 0.616. The molecule has 3 atom stereocenters. The van der Waals surface area contributed by atoms with Crippen LogP contribution >= 0.6 is 0 Å². The average molecular weight is 398 g/mol. The van der Waals surface area contributed by atoms with E-state index in [0.29, 0.717) is 5.69 Å². The first-order valence-corrected chi connectivity index (χ1v) is 10.1. The number of para-hydroxylation sites is 1. The largest absolute Gasteiger partial charge is 0.273 e. The molecule has 0 aliphatic carbocycles. The molecule has 0 aromatic heterocycles. The number of imide groups is 1. The summed E-state index contributed by atoms with van der Waals surface area (Å²) in [6.07, 6.45) is -0.842. The van der Waals surface area contributed by atoms with Gasteiger partial charge >= 0.3 is 0 Å². The topological polar surface area (TPSA) is 49.9 Å². The van der Waals surface area contributed by atoms with Gasteiger partial charge in [0.05, 0.1) is 17.4 Å². The molecule has 2 aliphatic rings. The third-order valence-corrected chi connectivity index (χ3v) is 5.84. The van der Waals surface area contributed by atoms with E-state index in [9.17, 15) is 9.59 Å². The number of rotatable bonds is 3. The van der Waals surface area contributed by atoms with E-state index in [-0.39, 0.29) is 17.9 Å². The number of aryl methyl sites for hydroxylation is 2. The van der Waals surface area contributed by atoms with Crippen molar-refractivity contribution in [2.45, 2.75) is 26.0 Å². The zero-order valence-corrected chi connectivity index (χ0v) is 16.9. The van der Waals surface area contributed by atoms with Crippen molar-refractivity contribution in [3.8, 4) is 0 Å². The van der Waals surface area contributed by atoms with Crippen LogP contribution in [0.3, 0.4) is 0 Å². The van der Waals surface area contributed by atoms with E-state index in [2.05, 4.69) is 0 Å². The van der Waals surface area contributed by atoms with Crippen molar-refractivity contribution < 1.29 is 14.4 Å². The fourth-order valence-corrected chi connectivity index (χ4v) is 4.26. The normalized spacial score (nSPS) is 23.2. The molecule has 2 aliphatic heterocycles. The van der Waals surface area contributed by atoms with Gasteiger partial charge < -0.3 is 0 Å². The van der Waals surface area contributed by atoms with Crippen LogP contribution in [0.4, 0.5) is 11.4 Å². The van der Waals surface area contributed by atoms with Crippen molar-refractivity contribution in [3.63, 3.8) is 0 Å². The molecule has 5 heteroatoms. The summed E-state index contributed by atoms with van der Waals surface area (Å²) >= 11 is 0. The summed E-state index contributed by atoms with van der Waals surface area (Å²) in [6, 6.07) is 24.7. The Morgan fingerprint density at radius 1 is 0.700 bits per heavy atom. The molecule has 0 spiro atoms. The van der Waals surface area contributed by atoms with Gasteiger partial charge in [-0.2, -0.15) is 0 Å². The summed E-state index contributed by atoms with van der Waals surface area (Å²) in [5.74, 6) is -1.15. The second-order valence-electron chi connectivity index (χ2n) is 7.92. The molecule has 0 radical (unpaired) electrons. The van der Waals surface area contributed by atoms with E-state index >= 15 is 0 Å². The Bertz CT molecular complexity index is 1090. The number of benzene rings is 3. The van der Waals surface area contributed by atoms with Crippen LogP contribution in [-0.2, 0) is 14.4 Å². The summed E-state index contributed by atoms with van der Waals surface area (Å²) in [6.45, 7) is 4.00. The van der Waals surface area contributed by atoms with Gasteiger partial charge in [-0.1, -0.05) is 65.7 Å². The van der Waals surface area contributed by atoms with Crippen molar-refractivity contribution in [2.24, 2.45) is 5.92 Å². The fourth-order valence-electron chi connectivity index (χ4n) is 4.26. The Kier molecular flexibility index (Phi) is 4.40. The number of amides is 2. The van der Waals surface area contributed by atoms with Crippen molar-refractivity contribution in [3.05, 3.63) is 95.6 Å². The molecule has 2 fully saturated rings. The highest BCUT2D eigenvalue weighted by Gasteiger charge is 2.60. The van der Waals surface area contributed by atoms with Gasteiger partial charge in [-0.3, -0.25) is 14.4 Å². The molecule has 3 aromatic rings. The second-order valence-corrected chi connectivity index (χ2v) is 7.92. The van der Waals surface area contributed by atoms with Gasteiger partial charge in [0.2, 0.25) is 5.91 Å². The molecule has 0 bridgehead atoms. The monoisotopic (exact) mass is 398 g/mol. The number of hydrogen-bond donors (Lipinski definition) is 0. The summed E-state index contributed by atoms with van der Waals surface area (Å²) < 4.78 is 0. The lowest BCUT2D eigenvalue weighted by atomic mass is 9.90. The Hall–Kier alpha value is -3.44. The van der Waals surface area contributed by atoms with Gasteiger partial charge in [0.25, 0.3) is 5.91 Å². The van der Waals surface area contributed by atoms with E-state index < -0.39 is 12.0 Å². The van der Waals surface area contributed by atoms with Crippen LogP contribution in [0.5, 0.6) is 0 Å². The van der Waals surface area contributed by atoms with Gasteiger partial charge in [-0.25, -0.2) is 9.96 Å². The summed E-state index contributed by atoms with van der Waals surface area (Å²) in [5, 5.41) is 1.72. The number of carbonyl (C=O) groups excluding carboxylic acids is 2. The van der Waals surface area contributed by atoms with Crippen molar-refractivity contribution in [1.29, 1.82) is 0 Å². The lowest BCUT2D eigenvalue weighted by molar-refractivity contribution is -0.126. The van der Waals surface area contributed by atoms with Crippen LogP contribution in [-0.4, -0.2) is 17.9 Å². The van der Waals surface area contributed by atoms with Crippen LogP contribution in [0, 0.1) is 19.8 Å². The number of hydrogen-bond acceptors (Lipinski definition) is 4. The highest BCUT2D eigenvalue weighted by molar-refractivity contribution is 6.23. The van der Waals surface area contributed by atoms with Crippen molar-refractivity contribution in [1.82, 2.24) is 0 Å². The summed E-state index contributed by atoms with van der Waals surface area (Å²) in [4.78, 5) is 34.2. The van der Waals surface area contributed by atoms with Gasteiger partial charge in [-0.15, -0.1) is 0 Å². The molecule has 150 valence electrons. The predicted octanol–water partition coefficient (Wildman–Crippen LogP) is 4.35. The van der Waals surface area contributed by atoms with Crippen LogP contribution in [0.2, 0.25) is 0 Å². The average Bonchev–Trinajstić information content (AvgIpc) is 3.27. The van der Waals surface area contributed by atoms with Crippen LogP contribution in [0.15, 0.2) is 78.9 Å². The highest BCUT2D eigenvalue weighted by Crippen LogP contribution is 2.47. The molecular weight excluding hydrogens is 376 g/mol. The first-order chi connectivity index (χ1) is 14.5. The summed E-state index contributed by atoms with van der Waals surface area (Å²) in [7, 11) is 0. The number of anilines is 2. The van der Waals surface area contributed by atoms with E-state index in [1.54, 1.807) is 5.06 Å². The van der Waals surface area contributed by atoms with Crippen LogP contribution in [0.1, 0.15) is 22.7 Å². The number of fused-ring (bicyclic) bond motifs is 1. The maximum absolute atomic E-state index is 13.5. The Morgan fingerprint density at radius 2 is 1.30 bits per heavy atom. The second kappa shape index (κ2) is 7.11. The molecule has 0 saturated carbocycles. The SMILES string of the molecule is Cc1ccc([C@@H]2[C@@H]3C(=O)N(c4ccc(C)cc4)C(=O)[C@@H]3ON2c2ccccc2)cc1. The zero-order chi connectivity index (χ0) is 20.8. The number of carbonyl (C=O) groups is 2. The van der Waals surface area contributed by atoms with Gasteiger partial charge in [-0.05, 0) is 43.7 Å². The van der Waals surface area contributed by atoms with E-state index in [0.717, 1.165) is 22.4 Å². The molecule has 0 N–H and O–H groups in total. The molecule has 0 unspecified atom stereocenters. The third kappa shape index (κ3) is 2.90. The van der Waals surface area contributed by atoms with Gasteiger partial charge in [0.1, 0.15) is 5.92 Å². The smallest absolute Gasteiger partial charge is 0.266 e. The number of nitrogens with zero attached hydrogens (tertiary/aromatic N) is 2. The molecule has 5 nitrogen and oxygen atoms in total. The molecule has 2 saturated heterocycles. The lowest BCUT2D eigenvalue weighted by Crippen LogP contribution is -2.37. The third-order valence-electron chi connectivity index (χ3n) is 5.84. The van der Waals surface area contributed by atoms with E-state index in [1.165, 1.54) is 4.90 Å². The first kappa shape index (κ1) is 18.6. The van der Waals surface area contributed by atoms with E-state index in [1.807, 2.05) is 92.7 Å². The highest BCUT2D eigenvalue weighted by atomic mass is 16.7. The maximum Gasteiger partial charge on any atom is 0.266 e. The molecule has 3 aromatic carbocycles. The molecule has 2 amide bonds. The summed E-state index contributed by atoms with van der Waals surface area (Å²) in [5.41, 5.74) is 4.56. The minimum Gasteiger partial charge on any atom is -0.273 e. The Balaban J connectivity index is 1.58. The lowest BCUT2D eigenvalue weighted by Gasteiger charge is -2.28. The van der Waals surface area contributed by atoms with Crippen LogP contribution < -0.4 is 9.96 Å². The van der Waals surface area contributed by atoms with Gasteiger partial charge in [0.15, 0.2) is 6.10 Å².